The fourth-order valence-electron chi connectivity index (χ4n) is 5.66. The van der Waals surface area contributed by atoms with Gasteiger partial charge in [0.05, 0.1) is 0 Å². The molecule has 0 N–H and O–H groups in total. The van der Waals surface area contributed by atoms with E-state index in [1.165, 1.54) is 23.1 Å². The van der Waals surface area contributed by atoms with Crippen molar-refractivity contribution < 1.29 is 9.53 Å². The molecule has 3 aliphatic carbocycles. The predicted octanol–water partition coefficient (Wildman–Crippen LogP) is 5.47. The van der Waals surface area contributed by atoms with Crippen LogP contribution in [0.3, 0.4) is 0 Å². The zero-order valence-corrected chi connectivity index (χ0v) is 15.9. The second-order valence-corrected chi connectivity index (χ2v) is 8.65. The SMILES string of the molecule is C[C@]12CC[C@H]3c4ccc(OCc5ccccc5)cc4CC[C@@H]3[C@@H]1C=CC2=O. The van der Waals surface area contributed by atoms with Gasteiger partial charge in [0.1, 0.15) is 12.4 Å². The van der Waals surface area contributed by atoms with Gasteiger partial charge < -0.3 is 4.74 Å². The van der Waals surface area contributed by atoms with Crippen LogP contribution in [0.4, 0.5) is 0 Å². The molecule has 5 rings (SSSR count). The maximum Gasteiger partial charge on any atom is 0.161 e. The van der Waals surface area contributed by atoms with Crippen molar-refractivity contribution in [1.29, 1.82) is 0 Å². The highest BCUT2D eigenvalue weighted by molar-refractivity contribution is 5.97. The maximum atomic E-state index is 12.4. The molecular formula is C25H26O2. The van der Waals surface area contributed by atoms with Crippen molar-refractivity contribution in [3.05, 3.63) is 77.4 Å². The van der Waals surface area contributed by atoms with Crippen LogP contribution in [0, 0.1) is 17.3 Å². The average Bonchev–Trinajstić information content (AvgIpc) is 3.01. The third-order valence-corrected chi connectivity index (χ3v) is 7.22. The highest BCUT2D eigenvalue weighted by atomic mass is 16.5. The number of carbonyl (C=O) groups is 1. The Kier molecular flexibility index (Phi) is 3.96. The summed E-state index contributed by atoms with van der Waals surface area (Å²) in [5.41, 5.74) is 3.99. The summed E-state index contributed by atoms with van der Waals surface area (Å²) in [4.78, 5) is 12.4. The first kappa shape index (κ1) is 16.8. The second kappa shape index (κ2) is 6.37. The van der Waals surface area contributed by atoms with Gasteiger partial charge in [-0.1, -0.05) is 49.4 Å². The monoisotopic (exact) mass is 358 g/mol. The number of rotatable bonds is 3. The van der Waals surface area contributed by atoms with Gasteiger partial charge in [-0.25, -0.2) is 0 Å². The number of ketones is 1. The number of hydrogen-bond donors (Lipinski definition) is 0. The lowest BCUT2D eigenvalue weighted by Gasteiger charge is -2.48. The number of allylic oxidation sites excluding steroid dienone is 2. The van der Waals surface area contributed by atoms with E-state index < -0.39 is 0 Å². The Bertz CT molecular complexity index is 898. The number of carbonyl (C=O) groups excluding carboxylic acids is 1. The van der Waals surface area contributed by atoms with Gasteiger partial charge in [0, 0.05) is 5.41 Å². The molecular weight excluding hydrogens is 332 g/mol. The smallest absolute Gasteiger partial charge is 0.161 e. The lowest BCUT2D eigenvalue weighted by Crippen LogP contribution is -2.42. The van der Waals surface area contributed by atoms with Gasteiger partial charge in [0.25, 0.3) is 0 Å². The van der Waals surface area contributed by atoms with E-state index in [2.05, 4.69) is 43.3 Å². The molecule has 0 aromatic heterocycles. The van der Waals surface area contributed by atoms with E-state index in [-0.39, 0.29) is 5.41 Å². The van der Waals surface area contributed by atoms with Crippen molar-refractivity contribution >= 4 is 5.78 Å². The van der Waals surface area contributed by atoms with Gasteiger partial charge in [-0.15, -0.1) is 0 Å². The largest absolute Gasteiger partial charge is 0.489 e. The van der Waals surface area contributed by atoms with Crippen molar-refractivity contribution in [2.24, 2.45) is 17.3 Å². The fraction of sp³-hybridized carbons (Fsp3) is 0.400. The van der Waals surface area contributed by atoms with E-state index in [1.807, 2.05) is 24.3 Å². The van der Waals surface area contributed by atoms with E-state index in [0.29, 0.717) is 30.1 Å². The van der Waals surface area contributed by atoms with Crippen LogP contribution in [0.25, 0.3) is 0 Å². The van der Waals surface area contributed by atoms with Crippen LogP contribution in [0.1, 0.15) is 48.8 Å². The third kappa shape index (κ3) is 2.74. The normalized spacial score (nSPS) is 31.1. The number of hydrogen-bond acceptors (Lipinski definition) is 2. The first-order valence-corrected chi connectivity index (χ1v) is 10.2. The number of benzene rings is 2. The average molecular weight is 358 g/mol. The molecule has 138 valence electrons. The summed E-state index contributed by atoms with van der Waals surface area (Å²) in [7, 11) is 0. The van der Waals surface area contributed by atoms with E-state index in [1.54, 1.807) is 0 Å². The molecule has 2 nitrogen and oxygen atoms in total. The quantitative estimate of drug-likeness (QED) is 0.727. The molecule has 0 spiro atoms. The molecule has 1 saturated carbocycles. The zero-order chi connectivity index (χ0) is 18.4. The molecule has 2 aromatic rings. The highest BCUT2D eigenvalue weighted by Crippen LogP contribution is 2.57. The van der Waals surface area contributed by atoms with Crippen molar-refractivity contribution in [1.82, 2.24) is 0 Å². The zero-order valence-electron chi connectivity index (χ0n) is 15.9. The van der Waals surface area contributed by atoms with Gasteiger partial charge in [-0.05, 0) is 78.3 Å². The Labute approximate surface area is 161 Å². The minimum atomic E-state index is -0.141. The van der Waals surface area contributed by atoms with Gasteiger partial charge >= 0.3 is 0 Å². The summed E-state index contributed by atoms with van der Waals surface area (Å²) >= 11 is 0. The molecule has 0 bridgehead atoms. The van der Waals surface area contributed by atoms with Crippen LogP contribution in [0.5, 0.6) is 5.75 Å². The number of fused-ring (bicyclic) bond motifs is 5. The van der Waals surface area contributed by atoms with E-state index >= 15 is 0 Å². The predicted molar refractivity (Wildman–Crippen MR) is 107 cm³/mol. The summed E-state index contributed by atoms with van der Waals surface area (Å²) in [5.74, 6) is 2.93. The van der Waals surface area contributed by atoms with Crippen LogP contribution in [-0.4, -0.2) is 5.78 Å². The molecule has 0 heterocycles. The van der Waals surface area contributed by atoms with Gasteiger partial charge in [0.15, 0.2) is 5.78 Å². The van der Waals surface area contributed by atoms with E-state index in [0.717, 1.165) is 25.0 Å². The third-order valence-electron chi connectivity index (χ3n) is 7.22. The standard InChI is InChI=1S/C25H26O2/c1-25-14-13-21-20-10-8-19(27-16-17-5-3-2-4-6-17)15-18(20)7-9-22(21)23(25)11-12-24(25)26/h2-6,8,10-12,15,21-23H,7,9,13-14,16H2,1H3/t21-,22-,23-,25-/m0/s1. The molecule has 4 atom stereocenters. The minimum absolute atomic E-state index is 0.141. The molecule has 0 amide bonds. The molecule has 3 aliphatic rings. The Morgan fingerprint density at radius 3 is 2.81 bits per heavy atom. The van der Waals surface area contributed by atoms with Crippen LogP contribution in [-0.2, 0) is 17.8 Å². The second-order valence-electron chi connectivity index (χ2n) is 8.65. The van der Waals surface area contributed by atoms with Gasteiger partial charge in [-0.3, -0.25) is 4.79 Å². The summed E-state index contributed by atoms with van der Waals surface area (Å²) in [6, 6.07) is 17.0. The highest BCUT2D eigenvalue weighted by Gasteiger charge is 2.52. The molecule has 0 radical (unpaired) electrons. The van der Waals surface area contributed by atoms with Crippen LogP contribution >= 0.6 is 0 Å². The van der Waals surface area contributed by atoms with E-state index in [9.17, 15) is 4.79 Å². The topological polar surface area (TPSA) is 26.3 Å². The van der Waals surface area contributed by atoms with Crippen molar-refractivity contribution in [3.8, 4) is 5.75 Å². The van der Waals surface area contributed by atoms with Crippen LogP contribution in [0.15, 0.2) is 60.7 Å². The van der Waals surface area contributed by atoms with Crippen molar-refractivity contribution in [2.45, 2.75) is 45.1 Å². The maximum absolute atomic E-state index is 12.4. The Morgan fingerprint density at radius 1 is 1.11 bits per heavy atom. The molecule has 2 aromatic carbocycles. The molecule has 2 heteroatoms. The summed E-state index contributed by atoms with van der Waals surface area (Å²) in [5, 5.41) is 0. The van der Waals surface area contributed by atoms with Crippen LogP contribution in [0.2, 0.25) is 0 Å². The van der Waals surface area contributed by atoms with Crippen molar-refractivity contribution in [3.63, 3.8) is 0 Å². The first-order valence-electron chi connectivity index (χ1n) is 10.2. The number of ether oxygens (including phenoxy) is 1. The molecule has 0 unspecified atom stereocenters. The first-order chi connectivity index (χ1) is 13.1. The minimum Gasteiger partial charge on any atom is -0.489 e. The van der Waals surface area contributed by atoms with Crippen molar-refractivity contribution in [2.75, 3.05) is 0 Å². The molecule has 27 heavy (non-hydrogen) atoms. The lowest BCUT2D eigenvalue weighted by molar-refractivity contribution is -0.126. The Morgan fingerprint density at radius 2 is 1.96 bits per heavy atom. The van der Waals surface area contributed by atoms with Gasteiger partial charge in [-0.2, -0.15) is 0 Å². The molecule has 1 fully saturated rings. The van der Waals surface area contributed by atoms with E-state index in [4.69, 9.17) is 4.74 Å². The summed E-state index contributed by atoms with van der Waals surface area (Å²) < 4.78 is 6.04. The van der Waals surface area contributed by atoms with Gasteiger partial charge in [0.2, 0.25) is 0 Å². The number of aryl methyl sites for hydroxylation is 1. The Balaban J connectivity index is 1.36. The fourth-order valence-corrected chi connectivity index (χ4v) is 5.66. The Hall–Kier alpha value is -2.35. The van der Waals surface area contributed by atoms with Crippen LogP contribution < -0.4 is 4.74 Å². The summed E-state index contributed by atoms with van der Waals surface area (Å²) in [6.45, 7) is 2.80. The summed E-state index contributed by atoms with van der Waals surface area (Å²) in [6.07, 6.45) is 8.47. The molecule has 0 saturated heterocycles. The molecule has 0 aliphatic heterocycles. The lowest BCUT2D eigenvalue weighted by atomic mass is 9.55.